The molecule has 0 atom stereocenters. The standard InChI is InChI=1S/C4H9O.C4H10/c1-4(2,3)5;1-4(2)3/h1-3H3;4H,1-3H3/q-1;. The second kappa shape index (κ2) is 4.80. The summed E-state index contributed by atoms with van der Waals surface area (Å²) in [6.45, 7) is 11.4. The van der Waals surface area contributed by atoms with E-state index in [1.807, 2.05) is 0 Å². The minimum absolute atomic E-state index is 0.750. The van der Waals surface area contributed by atoms with Crippen LogP contribution < -0.4 is 5.11 Å². The molecule has 0 aliphatic carbocycles. The zero-order valence-corrected chi connectivity index (χ0v) is 7.49. The van der Waals surface area contributed by atoms with Crippen LogP contribution in [0, 0.1) is 5.92 Å². The molecule has 0 saturated carbocycles. The van der Waals surface area contributed by atoms with Crippen molar-refractivity contribution in [2.24, 2.45) is 5.92 Å². The lowest BCUT2D eigenvalue weighted by Crippen LogP contribution is -2.31. The van der Waals surface area contributed by atoms with Gasteiger partial charge in [-0.2, -0.15) is 0 Å². The smallest absolute Gasteiger partial charge is 0.0500 e. The predicted molar refractivity (Wildman–Crippen MR) is 40.3 cm³/mol. The molecule has 1 heteroatoms. The monoisotopic (exact) mass is 131 g/mol. The quantitative estimate of drug-likeness (QED) is 0.491. The molecule has 0 bridgehead atoms. The van der Waals surface area contributed by atoms with Crippen LogP contribution >= 0.6 is 0 Å². The molecule has 0 saturated heterocycles. The highest BCUT2D eigenvalue weighted by Crippen LogP contribution is 1.87. The average molecular weight is 131 g/mol. The van der Waals surface area contributed by atoms with Crippen molar-refractivity contribution in [3.05, 3.63) is 0 Å². The van der Waals surface area contributed by atoms with Crippen LogP contribution in [0.4, 0.5) is 0 Å². The first-order chi connectivity index (χ1) is 3.73. The normalized spacial score (nSPS) is 10.7. The molecule has 0 radical (unpaired) electrons. The van der Waals surface area contributed by atoms with Crippen molar-refractivity contribution in [2.75, 3.05) is 0 Å². The molecule has 0 heterocycles. The van der Waals surface area contributed by atoms with Crippen molar-refractivity contribution in [3.63, 3.8) is 0 Å². The molecule has 0 unspecified atom stereocenters. The summed E-state index contributed by atoms with van der Waals surface area (Å²) in [5.74, 6) is 0.833. The number of rotatable bonds is 0. The third-order valence-corrected chi connectivity index (χ3v) is 0. The van der Waals surface area contributed by atoms with Gasteiger partial charge in [0, 0.05) is 0 Å². The summed E-state index contributed by atoms with van der Waals surface area (Å²) in [5, 5.41) is 10.1. The van der Waals surface area contributed by atoms with E-state index in [2.05, 4.69) is 20.8 Å². The SMILES string of the molecule is CC(C)(C)[O-].CC(C)C. The molecule has 9 heavy (non-hydrogen) atoms. The zero-order chi connectivity index (χ0) is 8.08. The molecule has 0 aromatic rings. The van der Waals surface area contributed by atoms with Crippen LogP contribution in [0.3, 0.4) is 0 Å². The molecule has 0 spiro atoms. The van der Waals surface area contributed by atoms with Gasteiger partial charge < -0.3 is 5.11 Å². The highest BCUT2D eigenvalue weighted by atomic mass is 16.3. The minimum Gasteiger partial charge on any atom is -0.850 e. The van der Waals surface area contributed by atoms with Crippen molar-refractivity contribution < 1.29 is 5.11 Å². The van der Waals surface area contributed by atoms with Gasteiger partial charge in [0.05, 0.1) is 0 Å². The van der Waals surface area contributed by atoms with Gasteiger partial charge in [0.1, 0.15) is 0 Å². The van der Waals surface area contributed by atoms with E-state index in [-0.39, 0.29) is 0 Å². The lowest BCUT2D eigenvalue weighted by Gasteiger charge is -2.23. The largest absolute Gasteiger partial charge is 0.850 e. The van der Waals surface area contributed by atoms with E-state index in [4.69, 9.17) is 0 Å². The van der Waals surface area contributed by atoms with Crippen LogP contribution in [0.15, 0.2) is 0 Å². The molecule has 0 aromatic carbocycles. The van der Waals surface area contributed by atoms with Crippen LogP contribution in [0.1, 0.15) is 41.5 Å². The van der Waals surface area contributed by atoms with Gasteiger partial charge in [-0.15, -0.1) is 5.60 Å². The van der Waals surface area contributed by atoms with Gasteiger partial charge in [0.15, 0.2) is 0 Å². The topological polar surface area (TPSA) is 23.1 Å². The van der Waals surface area contributed by atoms with Crippen LogP contribution in [0.2, 0.25) is 0 Å². The van der Waals surface area contributed by atoms with Gasteiger partial charge in [-0.25, -0.2) is 0 Å². The van der Waals surface area contributed by atoms with E-state index in [9.17, 15) is 5.11 Å². The Kier molecular flexibility index (Phi) is 6.25. The Morgan fingerprint density at radius 2 is 1.00 bits per heavy atom. The van der Waals surface area contributed by atoms with E-state index in [0.29, 0.717) is 0 Å². The van der Waals surface area contributed by atoms with Crippen molar-refractivity contribution in [3.8, 4) is 0 Å². The third-order valence-electron chi connectivity index (χ3n) is 0. The van der Waals surface area contributed by atoms with Gasteiger partial charge in [-0.05, 0) is 5.92 Å². The lowest BCUT2D eigenvalue weighted by molar-refractivity contribution is -0.458. The van der Waals surface area contributed by atoms with Crippen LogP contribution in [0.5, 0.6) is 0 Å². The molecule has 0 N–H and O–H groups in total. The maximum atomic E-state index is 10.1. The number of hydrogen-bond acceptors (Lipinski definition) is 1. The van der Waals surface area contributed by atoms with Crippen molar-refractivity contribution in [1.82, 2.24) is 0 Å². The Labute approximate surface area is 59.1 Å². The van der Waals surface area contributed by atoms with Gasteiger partial charge in [-0.3, -0.25) is 0 Å². The molecule has 0 aliphatic heterocycles. The summed E-state index contributed by atoms with van der Waals surface area (Å²) in [6.07, 6.45) is 0. The maximum Gasteiger partial charge on any atom is -0.0500 e. The van der Waals surface area contributed by atoms with E-state index < -0.39 is 5.60 Å². The summed E-state index contributed by atoms with van der Waals surface area (Å²) in [4.78, 5) is 0. The number of hydrogen-bond donors (Lipinski definition) is 0. The van der Waals surface area contributed by atoms with Crippen molar-refractivity contribution in [2.45, 2.75) is 47.1 Å². The highest BCUT2D eigenvalue weighted by molar-refractivity contribution is 4.48. The maximum absolute atomic E-state index is 10.1. The van der Waals surface area contributed by atoms with Crippen LogP contribution in [0.25, 0.3) is 0 Å². The summed E-state index contributed by atoms with van der Waals surface area (Å²) in [6, 6.07) is 0. The molecule has 0 rings (SSSR count). The van der Waals surface area contributed by atoms with Gasteiger partial charge in [0.2, 0.25) is 0 Å². The fourth-order valence-corrected chi connectivity index (χ4v) is 0. The highest BCUT2D eigenvalue weighted by Gasteiger charge is 1.83. The van der Waals surface area contributed by atoms with Gasteiger partial charge in [0.25, 0.3) is 0 Å². The third kappa shape index (κ3) is 177000. The molecule has 0 aromatic heterocycles. The molecular weight excluding hydrogens is 112 g/mol. The fourth-order valence-electron chi connectivity index (χ4n) is 0. The molecule has 0 fully saturated rings. The Morgan fingerprint density at radius 1 is 1.00 bits per heavy atom. The molecule has 58 valence electrons. The van der Waals surface area contributed by atoms with E-state index in [1.165, 1.54) is 0 Å². The molecular formula is C8H19O-. The second-order valence-electron chi connectivity index (χ2n) is 3.84. The van der Waals surface area contributed by atoms with Crippen molar-refractivity contribution in [1.29, 1.82) is 0 Å². The minimum atomic E-state index is -0.750. The molecule has 0 amide bonds. The first kappa shape index (κ1) is 11.7. The summed E-state index contributed by atoms with van der Waals surface area (Å²) < 4.78 is 0. The van der Waals surface area contributed by atoms with Crippen LogP contribution in [-0.4, -0.2) is 5.60 Å². The van der Waals surface area contributed by atoms with Gasteiger partial charge >= 0.3 is 0 Å². The lowest BCUT2D eigenvalue weighted by atomic mass is 10.2. The summed E-state index contributed by atoms with van der Waals surface area (Å²) in [7, 11) is 0. The summed E-state index contributed by atoms with van der Waals surface area (Å²) in [5.41, 5.74) is -0.750. The second-order valence-corrected chi connectivity index (χ2v) is 3.84. The first-order valence-electron chi connectivity index (χ1n) is 3.44. The molecule has 1 nitrogen and oxygen atoms in total. The molecule has 0 aliphatic rings. The Hall–Kier alpha value is -0.0400. The first-order valence-corrected chi connectivity index (χ1v) is 3.44. The van der Waals surface area contributed by atoms with Crippen molar-refractivity contribution >= 4 is 0 Å². The van der Waals surface area contributed by atoms with Gasteiger partial charge in [-0.1, -0.05) is 41.5 Å². The zero-order valence-electron chi connectivity index (χ0n) is 7.49. The fraction of sp³-hybridized carbons (Fsp3) is 1.00. The van der Waals surface area contributed by atoms with E-state index in [0.717, 1.165) is 5.92 Å². The average Bonchev–Trinajstić information content (AvgIpc) is 1.19. The predicted octanol–water partition coefficient (Wildman–Crippen LogP) is 1.81. The Balaban J connectivity index is 0. The Morgan fingerprint density at radius 3 is 1.00 bits per heavy atom. The Bertz CT molecular complexity index is 41.3. The van der Waals surface area contributed by atoms with E-state index >= 15 is 0 Å². The van der Waals surface area contributed by atoms with E-state index in [1.54, 1.807) is 20.8 Å². The summed E-state index contributed by atoms with van der Waals surface area (Å²) >= 11 is 0. The van der Waals surface area contributed by atoms with Crippen LogP contribution in [-0.2, 0) is 0 Å².